The van der Waals surface area contributed by atoms with Crippen molar-refractivity contribution in [3.63, 3.8) is 0 Å². The second kappa shape index (κ2) is 7.99. The summed E-state index contributed by atoms with van der Waals surface area (Å²) in [7, 11) is -3.48. The molecule has 26 heavy (non-hydrogen) atoms. The van der Waals surface area contributed by atoms with Crippen LogP contribution in [0.4, 0.5) is 5.69 Å². The molecule has 1 aliphatic heterocycles. The third-order valence-electron chi connectivity index (χ3n) is 4.38. The van der Waals surface area contributed by atoms with Gasteiger partial charge in [0.05, 0.1) is 11.4 Å². The van der Waals surface area contributed by atoms with Crippen molar-refractivity contribution in [2.45, 2.75) is 11.8 Å². The molecule has 0 radical (unpaired) electrons. The van der Waals surface area contributed by atoms with Gasteiger partial charge in [-0.1, -0.05) is 30.3 Å². The van der Waals surface area contributed by atoms with Gasteiger partial charge in [0, 0.05) is 31.9 Å². The number of benzene rings is 2. The van der Waals surface area contributed by atoms with Crippen LogP contribution in [0, 0.1) is 6.92 Å². The molecule has 0 spiro atoms. The third-order valence-corrected chi connectivity index (χ3v) is 6.28. The molecule has 1 aliphatic rings. The Balaban J connectivity index is 1.55. The zero-order chi connectivity index (χ0) is 18.6. The first kappa shape index (κ1) is 18.6. The molecule has 1 saturated heterocycles. The summed E-state index contributed by atoms with van der Waals surface area (Å²) in [5, 5.41) is 2.85. The number of amides is 1. The summed E-state index contributed by atoms with van der Waals surface area (Å²) in [5.74, 6) is -0.0915. The van der Waals surface area contributed by atoms with E-state index in [2.05, 4.69) is 5.32 Å². The summed E-state index contributed by atoms with van der Waals surface area (Å²) in [6.45, 7) is 3.97. The first-order valence-electron chi connectivity index (χ1n) is 8.59. The summed E-state index contributed by atoms with van der Waals surface area (Å²) in [4.78, 5) is 14.4. The maximum Gasteiger partial charge on any atom is 0.243 e. The Labute approximate surface area is 154 Å². The van der Waals surface area contributed by atoms with E-state index in [1.165, 1.54) is 4.31 Å². The number of aryl methyl sites for hydroxylation is 1. The molecule has 0 aromatic heterocycles. The molecular weight excluding hydrogens is 350 g/mol. The van der Waals surface area contributed by atoms with Crippen molar-refractivity contribution in [3.05, 3.63) is 60.2 Å². The van der Waals surface area contributed by atoms with E-state index in [-0.39, 0.29) is 12.5 Å². The minimum atomic E-state index is -3.48. The number of rotatable bonds is 5. The largest absolute Gasteiger partial charge is 0.325 e. The van der Waals surface area contributed by atoms with Gasteiger partial charge in [-0.2, -0.15) is 4.31 Å². The summed E-state index contributed by atoms with van der Waals surface area (Å²) in [6.07, 6.45) is 0. The van der Waals surface area contributed by atoms with E-state index >= 15 is 0 Å². The predicted molar refractivity (Wildman–Crippen MR) is 101 cm³/mol. The van der Waals surface area contributed by atoms with E-state index in [0.717, 1.165) is 11.3 Å². The lowest BCUT2D eigenvalue weighted by Gasteiger charge is -2.33. The van der Waals surface area contributed by atoms with Crippen LogP contribution in [0.2, 0.25) is 0 Å². The summed E-state index contributed by atoms with van der Waals surface area (Å²) in [6, 6.07) is 16.2. The highest BCUT2D eigenvalue weighted by atomic mass is 32.2. The average molecular weight is 373 g/mol. The highest BCUT2D eigenvalue weighted by molar-refractivity contribution is 7.89. The summed E-state index contributed by atoms with van der Waals surface area (Å²) >= 11 is 0. The van der Waals surface area contributed by atoms with Crippen molar-refractivity contribution in [1.82, 2.24) is 9.21 Å². The topological polar surface area (TPSA) is 69.7 Å². The fourth-order valence-corrected chi connectivity index (χ4v) is 4.51. The number of anilines is 1. The van der Waals surface area contributed by atoms with Gasteiger partial charge in [0.25, 0.3) is 0 Å². The second-order valence-corrected chi connectivity index (χ2v) is 8.35. The van der Waals surface area contributed by atoms with Crippen LogP contribution in [0.1, 0.15) is 5.56 Å². The Kier molecular flexibility index (Phi) is 5.70. The van der Waals surface area contributed by atoms with E-state index in [9.17, 15) is 13.2 Å². The molecule has 0 aliphatic carbocycles. The number of piperazine rings is 1. The molecular formula is C19H23N3O3S. The Morgan fingerprint density at radius 1 is 1.00 bits per heavy atom. The molecule has 1 amide bonds. The van der Waals surface area contributed by atoms with Crippen LogP contribution in [-0.4, -0.2) is 56.3 Å². The zero-order valence-electron chi connectivity index (χ0n) is 14.8. The highest BCUT2D eigenvalue weighted by Crippen LogP contribution is 2.18. The first-order valence-corrected chi connectivity index (χ1v) is 10.0. The number of hydrogen-bond donors (Lipinski definition) is 1. The molecule has 0 atom stereocenters. The molecule has 0 saturated carbocycles. The van der Waals surface area contributed by atoms with Crippen LogP contribution in [0.5, 0.6) is 0 Å². The van der Waals surface area contributed by atoms with Crippen LogP contribution in [0.15, 0.2) is 59.5 Å². The lowest BCUT2D eigenvalue weighted by atomic mass is 10.2. The Hall–Kier alpha value is -2.22. The molecule has 3 rings (SSSR count). The fraction of sp³-hybridized carbons (Fsp3) is 0.316. The van der Waals surface area contributed by atoms with E-state index in [1.54, 1.807) is 18.2 Å². The molecule has 7 heteroatoms. The standard InChI is InChI=1S/C19H23N3O3S/c1-16-6-5-9-18(14-16)26(24,25)22-12-10-21(11-13-22)15-19(23)20-17-7-3-2-4-8-17/h2-9,14H,10-13,15H2,1H3,(H,20,23). The molecule has 2 aromatic rings. The van der Waals surface area contributed by atoms with Gasteiger partial charge in [0.15, 0.2) is 0 Å². The minimum Gasteiger partial charge on any atom is -0.325 e. The van der Waals surface area contributed by atoms with E-state index in [1.807, 2.05) is 48.2 Å². The van der Waals surface area contributed by atoms with Crippen LogP contribution in [0.3, 0.4) is 0 Å². The Morgan fingerprint density at radius 2 is 1.69 bits per heavy atom. The van der Waals surface area contributed by atoms with Gasteiger partial charge in [0.1, 0.15) is 0 Å². The number of para-hydroxylation sites is 1. The smallest absolute Gasteiger partial charge is 0.243 e. The average Bonchev–Trinajstić information content (AvgIpc) is 2.63. The molecule has 1 heterocycles. The SMILES string of the molecule is Cc1cccc(S(=O)(=O)N2CCN(CC(=O)Nc3ccccc3)CC2)c1. The molecule has 6 nitrogen and oxygen atoms in total. The number of sulfonamides is 1. The fourth-order valence-electron chi connectivity index (χ4n) is 2.98. The summed E-state index contributed by atoms with van der Waals surface area (Å²) < 4.78 is 27.0. The third kappa shape index (κ3) is 4.49. The van der Waals surface area contributed by atoms with E-state index < -0.39 is 10.0 Å². The quantitative estimate of drug-likeness (QED) is 0.870. The number of nitrogens with zero attached hydrogens (tertiary/aromatic N) is 2. The van der Waals surface area contributed by atoms with Crippen molar-refractivity contribution in [1.29, 1.82) is 0 Å². The van der Waals surface area contributed by atoms with Gasteiger partial charge in [-0.25, -0.2) is 8.42 Å². The van der Waals surface area contributed by atoms with Crippen molar-refractivity contribution in [3.8, 4) is 0 Å². The minimum absolute atomic E-state index is 0.0915. The van der Waals surface area contributed by atoms with Crippen LogP contribution in [-0.2, 0) is 14.8 Å². The number of hydrogen-bond acceptors (Lipinski definition) is 4. The maximum atomic E-state index is 12.7. The van der Waals surface area contributed by atoms with Gasteiger partial charge >= 0.3 is 0 Å². The van der Waals surface area contributed by atoms with Crippen molar-refractivity contribution < 1.29 is 13.2 Å². The Morgan fingerprint density at radius 3 is 2.35 bits per heavy atom. The van der Waals surface area contributed by atoms with Gasteiger partial charge in [-0.15, -0.1) is 0 Å². The summed E-state index contributed by atoms with van der Waals surface area (Å²) in [5.41, 5.74) is 1.68. The monoisotopic (exact) mass is 373 g/mol. The predicted octanol–water partition coefficient (Wildman–Crippen LogP) is 1.94. The second-order valence-electron chi connectivity index (χ2n) is 6.41. The van der Waals surface area contributed by atoms with Crippen molar-refractivity contribution >= 4 is 21.6 Å². The molecule has 2 aromatic carbocycles. The maximum absolute atomic E-state index is 12.7. The lowest BCUT2D eigenvalue weighted by molar-refractivity contribution is -0.117. The molecule has 1 fully saturated rings. The molecule has 1 N–H and O–H groups in total. The van der Waals surface area contributed by atoms with Crippen LogP contribution < -0.4 is 5.32 Å². The molecule has 0 bridgehead atoms. The first-order chi connectivity index (χ1) is 12.4. The van der Waals surface area contributed by atoms with Gasteiger partial charge in [-0.3, -0.25) is 9.69 Å². The number of carbonyl (C=O) groups excluding carboxylic acids is 1. The zero-order valence-corrected chi connectivity index (χ0v) is 15.6. The number of nitrogens with one attached hydrogen (secondary N) is 1. The van der Waals surface area contributed by atoms with Crippen LogP contribution in [0.25, 0.3) is 0 Å². The lowest BCUT2D eigenvalue weighted by Crippen LogP contribution is -2.50. The number of carbonyl (C=O) groups is 1. The van der Waals surface area contributed by atoms with E-state index in [4.69, 9.17) is 0 Å². The Bertz CT molecular complexity index is 861. The molecule has 138 valence electrons. The van der Waals surface area contributed by atoms with Crippen molar-refractivity contribution in [2.75, 3.05) is 38.0 Å². The van der Waals surface area contributed by atoms with Gasteiger partial charge < -0.3 is 5.32 Å². The normalized spacial score (nSPS) is 16.3. The van der Waals surface area contributed by atoms with Gasteiger partial charge in [-0.05, 0) is 36.8 Å². The van der Waals surface area contributed by atoms with E-state index in [0.29, 0.717) is 31.1 Å². The highest BCUT2D eigenvalue weighted by Gasteiger charge is 2.29. The van der Waals surface area contributed by atoms with Gasteiger partial charge in [0.2, 0.25) is 15.9 Å². The molecule has 0 unspecified atom stereocenters. The van der Waals surface area contributed by atoms with Crippen molar-refractivity contribution in [2.24, 2.45) is 0 Å². The van der Waals surface area contributed by atoms with Crippen LogP contribution >= 0.6 is 0 Å².